The average Bonchev–Trinajstić information content (AvgIpc) is 3.73. The van der Waals surface area contributed by atoms with Gasteiger partial charge in [-0.3, -0.25) is 10.00 Å². The highest BCUT2D eigenvalue weighted by molar-refractivity contribution is 5.96. The molecule has 46 heavy (non-hydrogen) atoms. The molecule has 0 spiro atoms. The molecule has 7 rings (SSSR count). The summed E-state index contributed by atoms with van der Waals surface area (Å²) in [6.45, 7) is 4.50. The minimum atomic E-state index is -0.726. The van der Waals surface area contributed by atoms with Gasteiger partial charge in [-0.25, -0.2) is 33.0 Å². The van der Waals surface area contributed by atoms with Crippen molar-refractivity contribution in [3.8, 4) is 33.9 Å². The summed E-state index contributed by atoms with van der Waals surface area (Å²) in [4.78, 5) is 28.7. The molecule has 0 atom stereocenters. The number of aromatic nitrogens is 7. The van der Waals surface area contributed by atoms with Crippen molar-refractivity contribution in [1.82, 2.24) is 39.7 Å². The first-order valence-corrected chi connectivity index (χ1v) is 15.0. The van der Waals surface area contributed by atoms with E-state index in [9.17, 15) is 13.6 Å². The number of aryl methyl sites for hydroxylation is 1. The molecule has 0 bridgehead atoms. The maximum absolute atomic E-state index is 15.0. The van der Waals surface area contributed by atoms with Crippen molar-refractivity contribution >= 4 is 11.6 Å². The molecule has 6 aromatic rings. The predicted octanol–water partition coefficient (Wildman–Crippen LogP) is 6.00. The minimum absolute atomic E-state index is 0.151. The van der Waals surface area contributed by atoms with Crippen LogP contribution in [0.4, 0.5) is 8.78 Å². The molecule has 232 valence electrons. The Morgan fingerprint density at radius 1 is 0.978 bits per heavy atom. The van der Waals surface area contributed by atoms with Crippen LogP contribution in [-0.4, -0.2) is 65.8 Å². The number of ether oxygens (including phenoxy) is 1. The number of hydrogen-bond acceptors (Lipinski definition) is 8. The molecule has 1 fully saturated rings. The second-order valence-corrected chi connectivity index (χ2v) is 11.4. The zero-order chi connectivity index (χ0) is 31.8. The van der Waals surface area contributed by atoms with Gasteiger partial charge >= 0.3 is 5.97 Å². The first kappa shape index (κ1) is 29.4. The number of aromatic amines is 1. The Hall–Kier alpha value is -5.36. The zero-order valence-electron chi connectivity index (χ0n) is 25.2. The number of nitrogens with one attached hydrogen (secondary N) is 1. The number of carbonyl (C=O) groups excluding carboxylic acids is 1. The van der Waals surface area contributed by atoms with E-state index in [4.69, 9.17) is 9.72 Å². The Morgan fingerprint density at radius 3 is 2.43 bits per heavy atom. The van der Waals surface area contributed by atoms with E-state index in [1.165, 1.54) is 42.2 Å². The van der Waals surface area contributed by atoms with Gasteiger partial charge in [0.2, 0.25) is 0 Å². The summed E-state index contributed by atoms with van der Waals surface area (Å²) in [6, 6.07) is 17.3. The van der Waals surface area contributed by atoms with Gasteiger partial charge in [-0.15, -0.1) is 0 Å². The molecule has 0 radical (unpaired) electrons. The number of piperidine rings is 1. The van der Waals surface area contributed by atoms with Gasteiger partial charge < -0.3 is 4.74 Å². The highest BCUT2D eigenvalue weighted by atomic mass is 19.1. The molecule has 10 nitrogen and oxygen atoms in total. The summed E-state index contributed by atoms with van der Waals surface area (Å²) in [5.74, 6) is -0.258. The molecule has 0 amide bonds. The van der Waals surface area contributed by atoms with Gasteiger partial charge in [0, 0.05) is 35.5 Å². The quantitative estimate of drug-likeness (QED) is 0.216. The van der Waals surface area contributed by atoms with E-state index in [1.807, 2.05) is 49.4 Å². The van der Waals surface area contributed by atoms with Crippen molar-refractivity contribution in [3.63, 3.8) is 0 Å². The minimum Gasteiger partial charge on any atom is -0.465 e. The lowest BCUT2D eigenvalue weighted by molar-refractivity contribution is 0.0602. The third-order valence-electron chi connectivity index (χ3n) is 8.36. The Bertz CT molecular complexity index is 2030. The summed E-state index contributed by atoms with van der Waals surface area (Å²) in [5.41, 5.74) is 4.11. The number of benzene rings is 2. The normalized spacial score (nSPS) is 14.2. The van der Waals surface area contributed by atoms with Gasteiger partial charge in [0.1, 0.15) is 28.7 Å². The molecular weight excluding hydrogens is 590 g/mol. The molecule has 4 aromatic heterocycles. The number of fused-ring (bicyclic) bond motifs is 1. The SMILES string of the molecule is COC(=O)c1cnn2cc(-c3c(F)cccc3F)c(-c3ccc(CN4CCC(c5nc(-c6cccc(C)n6)n[nH]5)CC4)cc3)nc12. The molecule has 2 aromatic carbocycles. The number of likely N-dealkylation sites (tertiary alicyclic amines) is 1. The van der Waals surface area contributed by atoms with E-state index in [2.05, 4.69) is 30.2 Å². The highest BCUT2D eigenvalue weighted by Crippen LogP contribution is 2.35. The van der Waals surface area contributed by atoms with Gasteiger partial charge in [-0.2, -0.15) is 10.2 Å². The van der Waals surface area contributed by atoms with Gasteiger partial charge in [0.05, 0.1) is 24.6 Å². The van der Waals surface area contributed by atoms with Crippen molar-refractivity contribution < 1.29 is 18.3 Å². The van der Waals surface area contributed by atoms with Crippen LogP contribution in [0.15, 0.2) is 73.1 Å². The number of esters is 1. The summed E-state index contributed by atoms with van der Waals surface area (Å²) in [7, 11) is 1.27. The standard InChI is InChI=1S/C34H30F2N8O2/c1-20-5-3-8-28(38-20)32-40-31(41-42-32)23-13-15-43(16-14-23)18-21-9-11-22(12-10-21)30-25(29-26(35)6-4-7-27(29)36)19-44-33(39-30)24(17-37-44)34(45)46-2/h3-12,17,19,23H,13-16,18H2,1-2H3,(H,40,41,42). The van der Waals surface area contributed by atoms with Crippen molar-refractivity contribution in [2.75, 3.05) is 20.2 Å². The van der Waals surface area contributed by atoms with Crippen molar-refractivity contribution in [1.29, 1.82) is 0 Å². The number of carbonyl (C=O) groups is 1. The van der Waals surface area contributed by atoms with Crippen LogP contribution in [0.1, 0.15) is 46.2 Å². The molecule has 1 N–H and O–H groups in total. The van der Waals surface area contributed by atoms with Crippen molar-refractivity contribution in [2.24, 2.45) is 0 Å². The topological polar surface area (TPSA) is 114 Å². The van der Waals surface area contributed by atoms with E-state index >= 15 is 0 Å². The summed E-state index contributed by atoms with van der Waals surface area (Å²) >= 11 is 0. The largest absolute Gasteiger partial charge is 0.465 e. The smallest absolute Gasteiger partial charge is 0.343 e. The zero-order valence-corrected chi connectivity index (χ0v) is 25.2. The number of methoxy groups -OCH3 is 1. The maximum Gasteiger partial charge on any atom is 0.343 e. The third-order valence-corrected chi connectivity index (χ3v) is 8.36. The number of halogens is 2. The van der Waals surface area contributed by atoms with Crippen LogP contribution < -0.4 is 0 Å². The Morgan fingerprint density at radius 2 is 1.72 bits per heavy atom. The van der Waals surface area contributed by atoms with Gasteiger partial charge in [-0.05, 0) is 62.7 Å². The first-order valence-electron chi connectivity index (χ1n) is 15.0. The Labute approximate surface area is 263 Å². The lowest BCUT2D eigenvalue weighted by Crippen LogP contribution is -2.32. The van der Waals surface area contributed by atoms with Crippen LogP contribution in [0.3, 0.4) is 0 Å². The first-order chi connectivity index (χ1) is 22.4. The number of hydrogen-bond donors (Lipinski definition) is 1. The van der Waals surface area contributed by atoms with Gasteiger partial charge in [-0.1, -0.05) is 36.4 Å². The average molecular weight is 621 g/mol. The van der Waals surface area contributed by atoms with E-state index in [-0.39, 0.29) is 22.3 Å². The second-order valence-electron chi connectivity index (χ2n) is 11.4. The van der Waals surface area contributed by atoms with Crippen molar-refractivity contribution in [2.45, 2.75) is 32.2 Å². The maximum atomic E-state index is 15.0. The fraction of sp³-hybridized carbons (Fsp3) is 0.235. The van der Waals surface area contributed by atoms with Crippen LogP contribution in [-0.2, 0) is 11.3 Å². The Kier molecular flexibility index (Phi) is 7.79. The van der Waals surface area contributed by atoms with Crippen LogP contribution in [0.5, 0.6) is 0 Å². The van der Waals surface area contributed by atoms with Crippen LogP contribution in [0.25, 0.3) is 39.5 Å². The molecule has 0 saturated carbocycles. The number of H-pyrrole nitrogens is 1. The molecule has 1 saturated heterocycles. The van der Waals surface area contributed by atoms with E-state index < -0.39 is 17.6 Å². The second kappa shape index (κ2) is 12.2. The predicted molar refractivity (Wildman–Crippen MR) is 167 cm³/mol. The highest BCUT2D eigenvalue weighted by Gasteiger charge is 2.25. The lowest BCUT2D eigenvalue weighted by Gasteiger charge is -2.31. The molecular formula is C34H30F2N8O2. The van der Waals surface area contributed by atoms with Crippen LogP contribution in [0.2, 0.25) is 0 Å². The monoisotopic (exact) mass is 620 g/mol. The van der Waals surface area contributed by atoms with E-state index in [0.717, 1.165) is 55.3 Å². The molecule has 12 heteroatoms. The van der Waals surface area contributed by atoms with Crippen LogP contribution >= 0.6 is 0 Å². The van der Waals surface area contributed by atoms with Crippen molar-refractivity contribution in [3.05, 3.63) is 107 Å². The van der Waals surface area contributed by atoms with Gasteiger partial charge in [0.15, 0.2) is 11.5 Å². The fourth-order valence-corrected chi connectivity index (χ4v) is 5.95. The van der Waals surface area contributed by atoms with E-state index in [0.29, 0.717) is 23.0 Å². The molecule has 1 aliphatic heterocycles. The van der Waals surface area contributed by atoms with Gasteiger partial charge in [0.25, 0.3) is 0 Å². The Balaban J connectivity index is 1.10. The molecule has 0 unspecified atom stereocenters. The fourth-order valence-electron chi connectivity index (χ4n) is 5.95. The summed E-state index contributed by atoms with van der Waals surface area (Å²) in [5, 5.41) is 11.7. The molecule has 5 heterocycles. The summed E-state index contributed by atoms with van der Waals surface area (Å²) < 4.78 is 36.2. The van der Waals surface area contributed by atoms with Crippen LogP contribution in [0, 0.1) is 18.6 Å². The third kappa shape index (κ3) is 5.63. The molecule has 0 aliphatic carbocycles. The number of pyridine rings is 1. The number of rotatable bonds is 7. The van der Waals surface area contributed by atoms with E-state index in [1.54, 1.807) is 0 Å². The summed E-state index contributed by atoms with van der Waals surface area (Å²) in [6.07, 6.45) is 4.71. The lowest BCUT2D eigenvalue weighted by atomic mass is 9.95. The molecule has 1 aliphatic rings. The number of nitrogens with zero attached hydrogens (tertiary/aromatic N) is 7.